The molecule has 0 aliphatic heterocycles. The van der Waals surface area contributed by atoms with Crippen molar-refractivity contribution in [3.8, 4) is 0 Å². The lowest BCUT2D eigenvalue weighted by Gasteiger charge is -2.01. The van der Waals surface area contributed by atoms with Gasteiger partial charge in [0, 0.05) is 29.7 Å². The molecule has 2 nitrogen and oxygen atoms in total. The summed E-state index contributed by atoms with van der Waals surface area (Å²) >= 11 is 5.90. The van der Waals surface area contributed by atoms with Crippen molar-refractivity contribution in [1.29, 1.82) is 0 Å². The van der Waals surface area contributed by atoms with E-state index in [2.05, 4.69) is 0 Å². The summed E-state index contributed by atoms with van der Waals surface area (Å²) in [6.45, 7) is 0.716. The lowest BCUT2D eigenvalue weighted by molar-refractivity contribution is -0.108. The minimum absolute atomic E-state index is 0.538. The van der Waals surface area contributed by atoms with Crippen LogP contribution in [0.4, 0.5) is 0 Å². The quantitative estimate of drug-likeness (QED) is 0.710. The van der Waals surface area contributed by atoms with E-state index in [1.165, 1.54) is 0 Å². The first-order valence-corrected chi connectivity index (χ1v) is 4.87. The molecule has 1 aromatic heterocycles. The molecule has 0 saturated carbocycles. The Bertz CT molecular complexity index is 461. The first-order chi connectivity index (χ1) is 6.81. The molecule has 0 amide bonds. The average Bonchev–Trinajstić information content (AvgIpc) is 2.57. The largest absolute Gasteiger partial charge is 0.347 e. The summed E-state index contributed by atoms with van der Waals surface area (Å²) in [6, 6.07) is 7.79. The maximum Gasteiger partial charge on any atom is 0.121 e. The van der Waals surface area contributed by atoms with Crippen LogP contribution in [0.25, 0.3) is 10.9 Å². The number of aromatic nitrogens is 1. The molecule has 2 aromatic rings. The van der Waals surface area contributed by atoms with Crippen molar-refractivity contribution in [3.05, 3.63) is 35.5 Å². The number of rotatable bonds is 3. The molecule has 0 spiro atoms. The maximum atomic E-state index is 10.3. The van der Waals surface area contributed by atoms with Crippen LogP contribution in [0.15, 0.2) is 30.5 Å². The van der Waals surface area contributed by atoms with E-state index in [0.717, 1.165) is 22.2 Å². The van der Waals surface area contributed by atoms with Crippen molar-refractivity contribution in [2.24, 2.45) is 0 Å². The highest BCUT2D eigenvalue weighted by atomic mass is 35.5. The van der Waals surface area contributed by atoms with E-state index in [1.54, 1.807) is 0 Å². The molecule has 0 aliphatic rings. The third-order valence-electron chi connectivity index (χ3n) is 2.22. The molecule has 0 aliphatic carbocycles. The minimum atomic E-state index is 0.538. The number of nitrogens with zero attached hydrogens (tertiary/aromatic N) is 1. The van der Waals surface area contributed by atoms with Gasteiger partial charge in [-0.2, -0.15) is 0 Å². The molecule has 2 rings (SSSR count). The topological polar surface area (TPSA) is 22.0 Å². The van der Waals surface area contributed by atoms with E-state index in [9.17, 15) is 4.79 Å². The van der Waals surface area contributed by atoms with Gasteiger partial charge < -0.3 is 9.36 Å². The van der Waals surface area contributed by atoms with Crippen LogP contribution >= 0.6 is 11.6 Å². The molecular weight excluding hydrogens is 198 g/mol. The molecule has 0 N–H and O–H groups in total. The smallest absolute Gasteiger partial charge is 0.121 e. The number of aryl methyl sites for hydroxylation is 1. The summed E-state index contributed by atoms with van der Waals surface area (Å²) < 4.78 is 2.04. The highest BCUT2D eigenvalue weighted by Crippen LogP contribution is 2.20. The molecular formula is C11H10ClNO. The fourth-order valence-electron chi connectivity index (χ4n) is 1.54. The Labute approximate surface area is 87.1 Å². The number of halogens is 1. The summed E-state index contributed by atoms with van der Waals surface area (Å²) in [6.07, 6.45) is 3.44. The van der Waals surface area contributed by atoms with Gasteiger partial charge in [0.1, 0.15) is 6.29 Å². The highest BCUT2D eigenvalue weighted by molar-refractivity contribution is 6.31. The molecule has 0 bridgehead atoms. The van der Waals surface area contributed by atoms with E-state index in [1.807, 2.05) is 35.0 Å². The summed E-state index contributed by atoms with van der Waals surface area (Å²) in [5, 5.41) is 1.88. The van der Waals surface area contributed by atoms with E-state index in [-0.39, 0.29) is 0 Å². The average molecular weight is 208 g/mol. The van der Waals surface area contributed by atoms with Crippen LogP contribution in [0, 0.1) is 0 Å². The Morgan fingerprint density at radius 1 is 1.36 bits per heavy atom. The van der Waals surface area contributed by atoms with Crippen molar-refractivity contribution < 1.29 is 4.79 Å². The Balaban J connectivity index is 2.44. The molecule has 0 unspecified atom stereocenters. The van der Waals surface area contributed by atoms with Crippen molar-refractivity contribution in [2.75, 3.05) is 0 Å². The van der Waals surface area contributed by atoms with Crippen LogP contribution in [-0.4, -0.2) is 10.9 Å². The van der Waals surface area contributed by atoms with Crippen molar-refractivity contribution >= 4 is 28.8 Å². The fraction of sp³-hybridized carbons (Fsp3) is 0.182. The lowest BCUT2D eigenvalue weighted by Crippen LogP contribution is -1.95. The molecule has 14 heavy (non-hydrogen) atoms. The SMILES string of the molecule is O=CCCn1ccc2ccc(Cl)cc21. The number of benzene rings is 1. The van der Waals surface area contributed by atoms with Crippen LogP contribution in [0.1, 0.15) is 6.42 Å². The Kier molecular flexibility index (Phi) is 2.55. The lowest BCUT2D eigenvalue weighted by atomic mass is 10.2. The molecule has 1 aromatic carbocycles. The van der Waals surface area contributed by atoms with Crippen LogP contribution in [-0.2, 0) is 11.3 Å². The van der Waals surface area contributed by atoms with E-state index < -0.39 is 0 Å². The van der Waals surface area contributed by atoms with Crippen molar-refractivity contribution in [2.45, 2.75) is 13.0 Å². The molecule has 0 fully saturated rings. The molecule has 3 heteroatoms. The second-order valence-corrected chi connectivity index (χ2v) is 3.60. The Morgan fingerprint density at radius 2 is 2.21 bits per heavy atom. The Hall–Kier alpha value is -1.28. The van der Waals surface area contributed by atoms with Gasteiger partial charge in [0.25, 0.3) is 0 Å². The van der Waals surface area contributed by atoms with Crippen LogP contribution in [0.2, 0.25) is 5.02 Å². The third-order valence-corrected chi connectivity index (χ3v) is 2.46. The van der Waals surface area contributed by atoms with Gasteiger partial charge in [-0.25, -0.2) is 0 Å². The summed E-state index contributed by atoms with van der Waals surface area (Å²) in [5.41, 5.74) is 1.08. The van der Waals surface area contributed by atoms with Crippen LogP contribution < -0.4 is 0 Å². The molecule has 0 radical (unpaired) electrons. The number of fused-ring (bicyclic) bond motifs is 1. The minimum Gasteiger partial charge on any atom is -0.347 e. The van der Waals surface area contributed by atoms with Gasteiger partial charge in [0.05, 0.1) is 0 Å². The zero-order valence-electron chi connectivity index (χ0n) is 7.61. The van der Waals surface area contributed by atoms with Gasteiger partial charge in [-0.1, -0.05) is 17.7 Å². The Morgan fingerprint density at radius 3 is 3.00 bits per heavy atom. The van der Waals surface area contributed by atoms with Gasteiger partial charge >= 0.3 is 0 Å². The van der Waals surface area contributed by atoms with E-state index in [0.29, 0.717) is 13.0 Å². The van der Waals surface area contributed by atoms with Gasteiger partial charge in [0.2, 0.25) is 0 Å². The first kappa shape index (κ1) is 9.28. The van der Waals surface area contributed by atoms with Crippen LogP contribution in [0.3, 0.4) is 0 Å². The number of aldehydes is 1. The number of hydrogen-bond acceptors (Lipinski definition) is 1. The molecule has 0 saturated heterocycles. The van der Waals surface area contributed by atoms with E-state index in [4.69, 9.17) is 11.6 Å². The predicted molar refractivity (Wildman–Crippen MR) is 57.6 cm³/mol. The second kappa shape index (κ2) is 3.84. The highest BCUT2D eigenvalue weighted by Gasteiger charge is 2.00. The zero-order valence-corrected chi connectivity index (χ0v) is 8.37. The summed E-state index contributed by atoms with van der Waals surface area (Å²) in [7, 11) is 0. The van der Waals surface area contributed by atoms with Crippen molar-refractivity contribution in [3.63, 3.8) is 0 Å². The van der Waals surface area contributed by atoms with Gasteiger partial charge in [0.15, 0.2) is 0 Å². The summed E-state index contributed by atoms with van der Waals surface area (Å²) in [5.74, 6) is 0. The van der Waals surface area contributed by atoms with Gasteiger partial charge in [-0.15, -0.1) is 0 Å². The molecule has 0 atom stereocenters. The zero-order chi connectivity index (χ0) is 9.97. The summed E-state index contributed by atoms with van der Waals surface area (Å²) in [4.78, 5) is 10.3. The van der Waals surface area contributed by atoms with Gasteiger partial charge in [-0.3, -0.25) is 0 Å². The predicted octanol–water partition coefficient (Wildman–Crippen LogP) is 2.88. The standard InChI is InChI=1S/C11H10ClNO/c12-10-3-2-9-4-6-13(5-1-7-14)11(9)8-10/h2-4,6-8H,1,5H2. The first-order valence-electron chi connectivity index (χ1n) is 4.49. The van der Waals surface area contributed by atoms with Gasteiger partial charge in [-0.05, 0) is 23.6 Å². The van der Waals surface area contributed by atoms with Crippen molar-refractivity contribution in [1.82, 2.24) is 4.57 Å². The van der Waals surface area contributed by atoms with E-state index >= 15 is 0 Å². The molecule has 72 valence electrons. The second-order valence-electron chi connectivity index (χ2n) is 3.17. The number of hydrogen-bond donors (Lipinski definition) is 0. The normalized spacial score (nSPS) is 10.6. The maximum absolute atomic E-state index is 10.3. The number of carbonyl (C=O) groups excluding carboxylic acids is 1. The van der Waals surface area contributed by atoms with Crippen LogP contribution in [0.5, 0.6) is 0 Å². The molecule has 1 heterocycles. The third kappa shape index (κ3) is 1.66. The number of carbonyl (C=O) groups is 1. The monoisotopic (exact) mass is 207 g/mol. The fourth-order valence-corrected chi connectivity index (χ4v) is 1.71.